The number of benzene rings is 1. The van der Waals surface area contributed by atoms with Gasteiger partial charge >= 0.3 is 17.9 Å². The van der Waals surface area contributed by atoms with Crippen LogP contribution in [0.25, 0.3) is 10.9 Å². The molecule has 9 nitrogen and oxygen atoms in total. The van der Waals surface area contributed by atoms with Gasteiger partial charge in [-0.3, -0.25) is 4.79 Å². The maximum absolute atomic E-state index is 12.7. The third-order valence-electron chi connectivity index (χ3n) is 4.60. The van der Waals surface area contributed by atoms with Crippen LogP contribution >= 0.6 is 0 Å². The fourth-order valence-corrected chi connectivity index (χ4v) is 3.24. The molecule has 2 N–H and O–H groups in total. The van der Waals surface area contributed by atoms with E-state index in [1.807, 2.05) is 0 Å². The number of carbonyl (C=O) groups is 3. The minimum absolute atomic E-state index is 0.0811. The zero-order chi connectivity index (χ0) is 22.5. The lowest BCUT2D eigenvalue weighted by molar-refractivity contribution is 0.0447. The second-order valence-electron chi connectivity index (χ2n) is 6.59. The SMILES string of the molecule is CCOC(=O)c1[nH]c(COC(=O)c2cc(=O)[nH]c3ccccc23)c(C(=O)OCC)c1C. The molecule has 31 heavy (non-hydrogen) atoms. The van der Waals surface area contributed by atoms with E-state index in [0.29, 0.717) is 16.5 Å². The molecule has 162 valence electrons. The van der Waals surface area contributed by atoms with Crippen LogP contribution in [0.2, 0.25) is 0 Å². The highest BCUT2D eigenvalue weighted by Crippen LogP contribution is 2.23. The molecular formula is C22H22N2O7. The van der Waals surface area contributed by atoms with Crippen LogP contribution in [-0.4, -0.2) is 41.1 Å². The van der Waals surface area contributed by atoms with Crippen LogP contribution in [0.3, 0.4) is 0 Å². The van der Waals surface area contributed by atoms with Crippen LogP contribution in [0.15, 0.2) is 35.1 Å². The van der Waals surface area contributed by atoms with Crippen molar-refractivity contribution in [3.8, 4) is 0 Å². The van der Waals surface area contributed by atoms with Gasteiger partial charge in [-0.25, -0.2) is 14.4 Å². The molecule has 3 aromatic rings. The van der Waals surface area contributed by atoms with Gasteiger partial charge in [0.05, 0.1) is 30.0 Å². The lowest BCUT2D eigenvalue weighted by atomic mass is 10.1. The van der Waals surface area contributed by atoms with Crippen molar-refractivity contribution in [3.05, 3.63) is 68.8 Å². The van der Waals surface area contributed by atoms with E-state index in [2.05, 4.69) is 9.97 Å². The van der Waals surface area contributed by atoms with Gasteiger partial charge in [0.2, 0.25) is 5.56 Å². The van der Waals surface area contributed by atoms with E-state index in [-0.39, 0.29) is 42.3 Å². The highest BCUT2D eigenvalue weighted by molar-refractivity contribution is 6.03. The zero-order valence-corrected chi connectivity index (χ0v) is 17.4. The number of fused-ring (bicyclic) bond motifs is 1. The first-order valence-corrected chi connectivity index (χ1v) is 9.72. The van der Waals surface area contributed by atoms with Crippen molar-refractivity contribution in [2.45, 2.75) is 27.4 Å². The lowest BCUT2D eigenvalue weighted by Crippen LogP contribution is -2.14. The number of H-pyrrole nitrogens is 2. The van der Waals surface area contributed by atoms with Crippen LogP contribution in [0.5, 0.6) is 0 Å². The predicted octanol–water partition coefficient (Wildman–Crippen LogP) is 2.88. The Morgan fingerprint density at radius 3 is 2.29 bits per heavy atom. The fourth-order valence-electron chi connectivity index (χ4n) is 3.24. The van der Waals surface area contributed by atoms with E-state index >= 15 is 0 Å². The topological polar surface area (TPSA) is 128 Å². The van der Waals surface area contributed by atoms with E-state index in [4.69, 9.17) is 14.2 Å². The Labute approximate surface area is 177 Å². The normalized spacial score (nSPS) is 10.7. The zero-order valence-electron chi connectivity index (χ0n) is 17.4. The molecule has 1 aromatic carbocycles. The molecule has 0 saturated heterocycles. The van der Waals surface area contributed by atoms with Gasteiger partial charge in [-0.05, 0) is 32.4 Å². The Morgan fingerprint density at radius 1 is 0.903 bits per heavy atom. The Hall–Kier alpha value is -3.88. The van der Waals surface area contributed by atoms with Crippen molar-refractivity contribution in [2.24, 2.45) is 0 Å². The number of hydrogen-bond acceptors (Lipinski definition) is 7. The maximum Gasteiger partial charge on any atom is 0.355 e. The number of nitrogens with one attached hydrogen (secondary N) is 2. The van der Waals surface area contributed by atoms with Crippen molar-refractivity contribution in [1.29, 1.82) is 0 Å². The average Bonchev–Trinajstić information content (AvgIpc) is 3.08. The Morgan fingerprint density at radius 2 is 1.58 bits per heavy atom. The fraction of sp³-hybridized carbons (Fsp3) is 0.273. The standard InChI is InChI=1S/C22H22N2O7/c1-4-29-21(27)18-12(3)19(22(28)30-5-2)24-16(18)11-31-20(26)14-10-17(25)23-15-9-7-6-8-13(14)15/h6-10,24H,4-5,11H2,1-3H3,(H,23,25). The van der Waals surface area contributed by atoms with Crippen LogP contribution in [-0.2, 0) is 20.8 Å². The molecule has 0 aliphatic rings. The minimum Gasteiger partial charge on any atom is -0.462 e. The number of para-hydroxylation sites is 1. The number of pyridine rings is 1. The molecule has 0 saturated carbocycles. The summed E-state index contributed by atoms with van der Waals surface area (Å²) in [6, 6.07) is 7.98. The molecule has 0 aliphatic heterocycles. The van der Waals surface area contributed by atoms with Gasteiger partial charge in [0.25, 0.3) is 0 Å². The highest BCUT2D eigenvalue weighted by atomic mass is 16.5. The Balaban J connectivity index is 1.93. The van der Waals surface area contributed by atoms with Gasteiger partial charge in [0, 0.05) is 17.0 Å². The van der Waals surface area contributed by atoms with Gasteiger partial charge < -0.3 is 24.2 Å². The van der Waals surface area contributed by atoms with Gasteiger partial charge in [0.15, 0.2) is 0 Å². The number of hydrogen-bond donors (Lipinski definition) is 2. The van der Waals surface area contributed by atoms with Gasteiger partial charge in [0.1, 0.15) is 12.3 Å². The molecule has 0 atom stereocenters. The Kier molecular flexibility index (Phi) is 6.54. The van der Waals surface area contributed by atoms with Gasteiger partial charge in [-0.15, -0.1) is 0 Å². The average molecular weight is 426 g/mol. The second kappa shape index (κ2) is 9.29. The quantitative estimate of drug-likeness (QED) is 0.439. The van der Waals surface area contributed by atoms with Crippen molar-refractivity contribution in [1.82, 2.24) is 9.97 Å². The largest absolute Gasteiger partial charge is 0.462 e. The molecule has 0 amide bonds. The predicted molar refractivity (Wildman–Crippen MR) is 111 cm³/mol. The summed E-state index contributed by atoms with van der Waals surface area (Å²) in [6.45, 7) is 4.85. The number of esters is 3. The molecule has 3 rings (SSSR count). The minimum atomic E-state index is -0.748. The first-order valence-electron chi connectivity index (χ1n) is 9.72. The van der Waals surface area contributed by atoms with Crippen LogP contribution in [0.1, 0.15) is 56.3 Å². The van der Waals surface area contributed by atoms with E-state index in [9.17, 15) is 19.2 Å². The summed E-state index contributed by atoms with van der Waals surface area (Å²) < 4.78 is 15.4. The summed E-state index contributed by atoms with van der Waals surface area (Å²) in [5.74, 6) is -2.04. The van der Waals surface area contributed by atoms with Gasteiger partial charge in [-0.2, -0.15) is 0 Å². The molecular weight excluding hydrogens is 404 g/mol. The monoisotopic (exact) mass is 426 g/mol. The van der Waals surface area contributed by atoms with Crippen LogP contribution in [0.4, 0.5) is 0 Å². The molecule has 9 heteroatoms. The number of ether oxygens (including phenoxy) is 3. The number of aromatic amines is 2. The summed E-state index contributed by atoms with van der Waals surface area (Å²) in [7, 11) is 0. The first kappa shape index (κ1) is 21.8. The third kappa shape index (κ3) is 4.50. The summed E-state index contributed by atoms with van der Waals surface area (Å²) in [4.78, 5) is 54.7. The number of carbonyl (C=O) groups excluding carboxylic acids is 3. The molecule has 2 heterocycles. The molecule has 0 bridgehead atoms. The second-order valence-corrected chi connectivity index (χ2v) is 6.59. The third-order valence-corrected chi connectivity index (χ3v) is 4.60. The van der Waals surface area contributed by atoms with Crippen LogP contribution < -0.4 is 5.56 Å². The van der Waals surface area contributed by atoms with E-state index in [0.717, 1.165) is 6.07 Å². The highest BCUT2D eigenvalue weighted by Gasteiger charge is 2.26. The lowest BCUT2D eigenvalue weighted by Gasteiger charge is -2.08. The smallest absolute Gasteiger partial charge is 0.355 e. The summed E-state index contributed by atoms with van der Waals surface area (Å²) >= 11 is 0. The molecule has 0 fully saturated rings. The van der Waals surface area contributed by atoms with E-state index in [1.54, 1.807) is 45.0 Å². The van der Waals surface area contributed by atoms with Crippen molar-refractivity contribution in [3.63, 3.8) is 0 Å². The number of rotatable bonds is 7. The molecule has 0 unspecified atom stereocenters. The molecule has 0 radical (unpaired) electrons. The van der Waals surface area contributed by atoms with Crippen molar-refractivity contribution in [2.75, 3.05) is 13.2 Å². The molecule has 0 aliphatic carbocycles. The van der Waals surface area contributed by atoms with E-state index < -0.39 is 23.5 Å². The van der Waals surface area contributed by atoms with Gasteiger partial charge in [-0.1, -0.05) is 18.2 Å². The molecule has 2 aromatic heterocycles. The molecule has 0 spiro atoms. The first-order chi connectivity index (χ1) is 14.9. The summed E-state index contributed by atoms with van der Waals surface area (Å²) in [5.41, 5.74) is 0.857. The summed E-state index contributed by atoms with van der Waals surface area (Å²) in [6.07, 6.45) is 0. The van der Waals surface area contributed by atoms with Crippen molar-refractivity contribution < 1.29 is 28.6 Å². The van der Waals surface area contributed by atoms with Crippen molar-refractivity contribution >= 4 is 28.8 Å². The van der Waals surface area contributed by atoms with Crippen LogP contribution in [0, 0.1) is 6.92 Å². The maximum atomic E-state index is 12.7. The van der Waals surface area contributed by atoms with E-state index in [1.165, 1.54) is 0 Å². The Bertz CT molecular complexity index is 1210. The number of aromatic nitrogens is 2. The summed E-state index contributed by atoms with van der Waals surface area (Å²) in [5, 5.41) is 0.521.